The lowest BCUT2D eigenvalue weighted by molar-refractivity contribution is -0.121. The average molecular weight is 259 g/mol. The third-order valence-electron chi connectivity index (χ3n) is 3.11. The van der Waals surface area contributed by atoms with Crippen LogP contribution in [0.1, 0.15) is 22.7 Å². The summed E-state index contributed by atoms with van der Waals surface area (Å²) in [6.07, 6.45) is 2.09. The minimum Gasteiger partial charge on any atom is -0.345 e. The molecular formula is C14H11ClN2O. The lowest BCUT2D eigenvalue weighted by Crippen LogP contribution is -2.35. The van der Waals surface area contributed by atoms with Gasteiger partial charge in [-0.3, -0.25) is 4.79 Å². The van der Waals surface area contributed by atoms with Crippen LogP contribution in [0.5, 0.6) is 0 Å². The fourth-order valence-corrected chi connectivity index (χ4v) is 2.48. The number of carbonyl (C=O) groups excluding carboxylic acids is 1. The zero-order valence-electron chi connectivity index (χ0n) is 9.56. The molecule has 18 heavy (non-hydrogen) atoms. The zero-order valence-corrected chi connectivity index (χ0v) is 10.3. The minimum atomic E-state index is -0.136. The van der Waals surface area contributed by atoms with Gasteiger partial charge in [-0.25, -0.2) is 4.98 Å². The molecule has 1 atom stereocenters. The molecule has 1 unspecified atom stereocenters. The fourth-order valence-electron chi connectivity index (χ4n) is 2.30. The summed E-state index contributed by atoms with van der Waals surface area (Å²) in [4.78, 5) is 15.7. The van der Waals surface area contributed by atoms with E-state index in [1.165, 1.54) is 0 Å². The summed E-state index contributed by atoms with van der Waals surface area (Å²) in [7, 11) is 0. The van der Waals surface area contributed by atoms with Crippen LogP contribution in [0, 0.1) is 0 Å². The second-order valence-corrected chi connectivity index (χ2v) is 4.68. The number of nitrogens with zero attached hydrogens (tertiary/aromatic N) is 1. The number of pyridine rings is 1. The molecule has 4 heteroatoms. The Morgan fingerprint density at radius 2 is 2.11 bits per heavy atom. The van der Waals surface area contributed by atoms with E-state index in [9.17, 15) is 4.79 Å². The topological polar surface area (TPSA) is 42.0 Å². The summed E-state index contributed by atoms with van der Waals surface area (Å²) in [6.45, 7) is 0. The van der Waals surface area contributed by atoms with Crippen LogP contribution in [0.25, 0.3) is 0 Å². The molecule has 2 heterocycles. The van der Waals surface area contributed by atoms with Crippen LogP contribution in [-0.4, -0.2) is 10.9 Å². The van der Waals surface area contributed by atoms with Crippen molar-refractivity contribution in [3.8, 4) is 0 Å². The van der Waals surface area contributed by atoms with Crippen molar-refractivity contribution in [2.75, 3.05) is 0 Å². The van der Waals surface area contributed by atoms with Crippen LogP contribution in [0.4, 0.5) is 0 Å². The van der Waals surface area contributed by atoms with Crippen molar-refractivity contribution in [2.24, 2.45) is 0 Å². The summed E-state index contributed by atoms with van der Waals surface area (Å²) in [5.41, 5.74) is 3.15. The van der Waals surface area contributed by atoms with Gasteiger partial charge in [0.05, 0.1) is 12.5 Å². The first-order valence-corrected chi connectivity index (χ1v) is 6.10. The SMILES string of the molecule is O=C1Cc2ccccc2C(c2ccnc(Cl)c2)N1. The molecule has 1 amide bonds. The van der Waals surface area contributed by atoms with Crippen LogP contribution in [0.2, 0.25) is 5.15 Å². The molecule has 1 aliphatic heterocycles. The molecule has 0 bridgehead atoms. The first-order chi connectivity index (χ1) is 8.74. The second-order valence-electron chi connectivity index (χ2n) is 4.29. The molecule has 3 rings (SSSR count). The van der Waals surface area contributed by atoms with E-state index in [1.54, 1.807) is 12.3 Å². The Hall–Kier alpha value is -1.87. The standard InChI is InChI=1S/C14H11ClN2O/c15-12-7-10(5-6-16-12)14-11-4-2-1-3-9(11)8-13(18)17-14/h1-7,14H,8H2,(H,17,18). The number of benzene rings is 1. The van der Waals surface area contributed by atoms with Crippen molar-refractivity contribution in [2.45, 2.75) is 12.5 Å². The third kappa shape index (κ3) is 1.97. The molecule has 2 aromatic rings. The Morgan fingerprint density at radius 1 is 1.28 bits per heavy atom. The van der Waals surface area contributed by atoms with Gasteiger partial charge in [0.15, 0.2) is 0 Å². The van der Waals surface area contributed by atoms with E-state index in [1.807, 2.05) is 30.3 Å². The summed E-state index contributed by atoms with van der Waals surface area (Å²) in [6, 6.07) is 11.5. The maximum atomic E-state index is 11.7. The van der Waals surface area contributed by atoms with Crippen molar-refractivity contribution in [3.05, 3.63) is 64.4 Å². The van der Waals surface area contributed by atoms with Crippen molar-refractivity contribution >= 4 is 17.5 Å². The monoisotopic (exact) mass is 258 g/mol. The van der Waals surface area contributed by atoms with Gasteiger partial charge >= 0.3 is 0 Å². The third-order valence-corrected chi connectivity index (χ3v) is 3.31. The molecule has 0 saturated carbocycles. The van der Waals surface area contributed by atoms with Gasteiger partial charge in [0, 0.05) is 6.20 Å². The Morgan fingerprint density at radius 3 is 2.94 bits per heavy atom. The summed E-state index contributed by atoms with van der Waals surface area (Å²) in [5, 5.41) is 3.43. The van der Waals surface area contributed by atoms with Gasteiger partial charge in [-0.1, -0.05) is 35.9 Å². The predicted octanol–water partition coefficient (Wildman–Crippen LogP) is 2.50. The number of hydrogen-bond acceptors (Lipinski definition) is 2. The van der Waals surface area contributed by atoms with Gasteiger partial charge in [0.1, 0.15) is 5.15 Å². The molecule has 0 aliphatic carbocycles. The molecular weight excluding hydrogens is 248 g/mol. The highest BCUT2D eigenvalue weighted by atomic mass is 35.5. The van der Waals surface area contributed by atoms with E-state index in [4.69, 9.17) is 11.6 Å². The smallest absolute Gasteiger partial charge is 0.225 e. The zero-order chi connectivity index (χ0) is 12.5. The summed E-state index contributed by atoms with van der Waals surface area (Å²) in [5.74, 6) is 0.0339. The molecule has 1 N–H and O–H groups in total. The highest BCUT2D eigenvalue weighted by Crippen LogP contribution is 2.29. The number of halogens is 1. The fraction of sp³-hybridized carbons (Fsp3) is 0.143. The van der Waals surface area contributed by atoms with E-state index in [0.717, 1.165) is 16.7 Å². The van der Waals surface area contributed by atoms with Crippen molar-refractivity contribution in [3.63, 3.8) is 0 Å². The largest absolute Gasteiger partial charge is 0.345 e. The Kier molecular flexibility index (Phi) is 2.76. The maximum Gasteiger partial charge on any atom is 0.225 e. The molecule has 1 aromatic heterocycles. The maximum absolute atomic E-state index is 11.7. The van der Waals surface area contributed by atoms with Crippen LogP contribution >= 0.6 is 11.6 Å². The summed E-state index contributed by atoms with van der Waals surface area (Å²) < 4.78 is 0. The van der Waals surface area contributed by atoms with Gasteiger partial charge in [0.2, 0.25) is 5.91 Å². The van der Waals surface area contributed by atoms with Gasteiger partial charge in [-0.15, -0.1) is 0 Å². The first-order valence-electron chi connectivity index (χ1n) is 5.72. The molecule has 0 saturated heterocycles. The minimum absolute atomic E-state index is 0.0339. The summed E-state index contributed by atoms with van der Waals surface area (Å²) >= 11 is 5.90. The molecule has 1 aliphatic rings. The van der Waals surface area contributed by atoms with Crippen LogP contribution < -0.4 is 5.32 Å². The average Bonchev–Trinajstić information content (AvgIpc) is 2.37. The quantitative estimate of drug-likeness (QED) is 0.799. The van der Waals surface area contributed by atoms with E-state index < -0.39 is 0 Å². The number of aromatic nitrogens is 1. The highest BCUT2D eigenvalue weighted by molar-refractivity contribution is 6.29. The van der Waals surface area contributed by atoms with Gasteiger partial charge < -0.3 is 5.32 Å². The number of carbonyl (C=O) groups is 1. The lowest BCUT2D eigenvalue weighted by atomic mass is 9.90. The Balaban J connectivity index is 2.10. The molecule has 90 valence electrons. The second kappa shape index (κ2) is 4.42. The lowest BCUT2D eigenvalue weighted by Gasteiger charge is -2.26. The van der Waals surface area contributed by atoms with E-state index in [-0.39, 0.29) is 11.9 Å². The number of amides is 1. The predicted molar refractivity (Wildman–Crippen MR) is 69.4 cm³/mol. The van der Waals surface area contributed by atoms with Crippen LogP contribution in [0.3, 0.4) is 0 Å². The molecule has 0 spiro atoms. The van der Waals surface area contributed by atoms with Gasteiger partial charge in [-0.05, 0) is 28.8 Å². The number of rotatable bonds is 1. The van der Waals surface area contributed by atoms with Gasteiger partial charge in [-0.2, -0.15) is 0 Å². The first kappa shape index (κ1) is 11.2. The number of fused-ring (bicyclic) bond motifs is 1. The van der Waals surface area contributed by atoms with Crippen LogP contribution in [0.15, 0.2) is 42.6 Å². The van der Waals surface area contributed by atoms with Crippen molar-refractivity contribution < 1.29 is 4.79 Å². The normalized spacial score (nSPS) is 18.1. The molecule has 0 fully saturated rings. The van der Waals surface area contributed by atoms with Crippen LogP contribution in [-0.2, 0) is 11.2 Å². The number of nitrogens with one attached hydrogen (secondary N) is 1. The molecule has 0 radical (unpaired) electrons. The van der Waals surface area contributed by atoms with Gasteiger partial charge in [0.25, 0.3) is 0 Å². The van der Waals surface area contributed by atoms with Crippen molar-refractivity contribution in [1.82, 2.24) is 10.3 Å². The van der Waals surface area contributed by atoms with E-state index in [0.29, 0.717) is 11.6 Å². The highest BCUT2D eigenvalue weighted by Gasteiger charge is 2.25. The number of hydrogen-bond donors (Lipinski definition) is 1. The van der Waals surface area contributed by atoms with E-state index >= 15 is 0 Å². The Bertz CT molecular complexity index is 612. The van der Waals surface area contributed by atoms with E-state index in [2.05, 4.69) is 10.3 Å². The molecule has 3 nitrogen and oxygen atoms in total. The van der Waals surface area contributed by atoms with Crippen molar-refractivity contribution in [1.29, 1.82) is 0 Å². The Labute approximate surface area is 110 Å². The molecule has 1 aromatic carbocycles.